The first-order chi connectivity index (χ1) is 8.20. The monoisotopic (exact) mass is 253 g/mol. The lowest BCUT2D eigenvalue weighted by Crippen LogP contribution is -2.20. The van der Waals surface area contributed by atoms with Crippen LogP contribution in [0.25, 0.3) is 0 Å². The summed E-state index contributed by atoms with van der Waals surface area (Å²) in [5.41, 5.74) is 1.96. The molecule has 0 fully saturated rings. The molecule has 0 saturated carbocycles. The molecule has 0 aliphatic carbocycles. The van der Waals surface area contributed by atoms with Crippen molar-refractivity contribution >= 4 is 23.2 Å². The molecule has 1 aliphatic rings. The van der Waals surface area contributed by atoms with E-state index in [0.29, 0.717) is 24.8 Å². The molecule has 1 heterocycles. The number of amides is 1. The van der Waals surface area contributed by atoms with Gasteiger partial charge >= 0.3 is 0 Å². The van der Waals surface area contributed by atoms with Crippen LogP contribution in [0.4, 0.5) is 5.69 Å². The van der Waals surface area contributed by atoms with Gasteiger partial charge in [0.25, 0.3) is 0 Å². The molecule has 1 amide bonds. The Balaban J connectivity index is 2.13. The number of hydrogen-bond donors (Lipinski definition) is 1. The van der Waals surface area contributed by atoms with Gasteiger partial charge in [0.2, 0.25) is 5.91 Å². The summed E-state index contributed by atoms with van der Waals surface area (Å²) in [5, 5.41) is 2.86. The first-order valence-corrected chi connectivity index (χ1v) is 6.34. The summed E-state index contributed by atoms with van der Waals surface area (Å²) < 4.78 is 5.76. The minimum atomic E-state index is 0.0729. The van der Waals surface area contributed by atoms with Gasteiger partial charge in [-0.25, -0.2) is 0 Å². The maximum atomic E-state index is 11.3. The van der Waals surface area contributed by atoms with Crippen LogP contribution in [0, 0.1) is 5.92 Å². The molecule has 92 valence electrons. The number of ether oxygens (including phenoxy) is 1. The number of hydrogen-bond acceptors (Lipinski definition) is 2. The van der Waals surface area contributed by atoms with E-state index >= 15 is 0 Å². The van der Waals surface area contributed by atoms with E-state index in [1.165, 1.54) is 0 Å². The van der Waals surface area contributed by atoms with Gasteiger partial charge in [0.05, 0.1) is 6.61 Å². The molecule has 1 N–H and O–H groups in total. The third-order valence-electron chi connectivity index (χ3n) is 2.80. The highest BCUT2D eigenvalue weighted by molar-refractivity contribution is 6.18. The topological polar surface area (TPSA) is 38.3 Å². The minimum absolute atomic E-state index is 0.0729. The molecule has 1 aliphatic heterocycles. The Morgan fingerprint density at radius 3 is 3.06 bits per heavy atom. The van der Waals surface area contributed by atoms with E-state index in [-0.39, 0.29) is 5.91 Å². The quantitative estimate of drug-likeness (QED) is 0.838. The Morgan fingerprint density at radius 1 is 1.47 bits per heavy atom. The molecular weight excluding hydrogens is 238 g/mol. The Labute approximate surface area is 106 Å². The first-order valence-electron chi connectivity index (χ1n) is 5.81. The molecule has 3 nitrogen and oxygen atoms in total. The number of alkyl halides is 1. The summed E-state index contributed by atoms with van der Waals surface area (Å²) in [4.78, 5) is 11.3. The fraction of sp³-hybridized carbons (Fsp3) is 0.462. The molecule has 0 aromatic heterocycles. The summed E-state index contributed by atoms with van der Waals surface area (Å²) in [6.45, 7) is 2.65. The molecule has 1 unspecified atom stereocenters. The molecule has 0 radical (unpaired) electrons. The number of halogens is 1. The van der Waals surface area contributed by atoms with Gasteiger partial charge < -0.3 is 10.1 Å². The van der Waals surface area contributed by atoms with E-state index in [4.69, 9.17) is 16.3 Å². The van der Waals surface area contributed by atoms with Crippen LogP contribution in [0.5, 0.6) is 5.75 Å². The summed E-state index contributed by atoms with van der Waals surface area (Å²) in [7, 11) is 0. The first kappa shape index (κ1) is 12.2. The molecule has 0 bridgehead atoms. The van der Waals surface area contributed by atoms with Crippen LogP contribution in [0.3, 0.4) is 0 Å². The molecule has 17 heavy (non-hydrogen) atoms. The van der Waals surface area contributed by atoms with E-state index in [1.807, 2.05) is 25.1 Å². The Hall–Kier alpha value is -1.22. The second-order valence-corrected chi connectivity index (χ2v) is 4.71. The molecule has 0 spiro atoms. The van der Waals surface area contributed by atoms with E-state index in [2.05, 4.69) is 5.32 Å². The Kier molecular flexibility index (Phi) is 3.89. The van der Waals surface area contributed by atoms with Crippen LogP contribution in [-0.4, -0.2) is 18.4 Å². The van der Waals surface area contributed by atoms with E-state index < -0.39 is 0 Å². The SMILES string of the molecule is CC(CCl)COc1cccc2c1CCC(=O)N2. The Bertz CT molecular complexity index is 420. The van der Waals surface area contributed by atoms with Gasteiger partial charge in [0.1, 0.15) is 5.75 Å². The predicted octanol–water partition coefficient (Wildman–Crippen LogP) is 2.83. The van der Waals surface area contributed by atoms with Gasteiger partial charge in [0, 0.05) is 29.5 Å². The summed E-state index contributed by atoms with van der Waals surface area (Å²) >= 11 is 5.74. The van der Waals surface area contributed by atoms with Crippen molar-refractivity contribution in [3.63, 3.8) is 0 Å². The second-order valence-electron chi connectivity index (χ2n) is 4.40. The lowest BCUT2D eigenvalue weighted by molar-refractivity contribution is -0.116. The van der Waals surface area contributed by atoms with Crippen LogP contribution in [-0.2, 0) is 11.2 Å². The number of fused-ring (bicyclic) bond motifs is 1. The zero-order chi connectivity index (χ0) is 12.3. The standard InChI is InChI=1S/C13H16ClNO2/c1-9(7-14)8-17-12-4-2-3-11-10(12)5-6-13(16)15-11/h2-4,9H,5-8H2,1H3,(H,15,16). The van der Waals surface area contributed by atoms with Crippen molar-refractivity contribution in [2.24, 2.45) is 5.92 Å². The molecular formula is C13H16ClNO2. The molecule has 1 aromatic rings. The van der Waals surface area contributed by atoms with Crippen LogP contribution in [0.1, 0.15) is 18.9 Å². The predicted molar refractivity (Wildman–Crippen MR) is 68.8 cm³/mol. The maximum Gasteiger partial charge on any atom is 0.224 e. The zero-order valence-electron chi connectivity index (χ0n) is 9.83. The molecule has 2 rings (SSSR count). The highest BCUT2D eigenvalue weighted by Crippen LogP contribution is 2.31. The number of anilines is 1. The maximum absolute atomic E-state index is 11.3. The van der Waals surface area contributed by atoms with Crippen LogP contribution < -0.4 is 10.1 Å². The smallest absolute Gasteiger partial charge is 0.224 e. The highest BCUT2D eigenvalue weighted by atomic mass is 35.5. The van der Waals surface area contributed by atoms with Gasteiger partial charge in [0.15, 0.2) is 0 Å². The van der Waals surface area contributed by atoms with Gasteiger partial charge in [-0.05, 0) is 18.6 Å². The molecule has 1 atom stereocenters. The van der Waals surface area contributed by atoms with Gasteiger partial charge in [-0.2, -0.15) is 0 Å². The fourth-order valence-electron chi connectivity index (χ4n) is 1.80. The molecule has 0 saturated heterocycles. The average molecular weight is 254 g/mol. The van der Waals surface area contributed by atoms with Gasteiger partial charge in [-0.3, -0.25) is 4.79 Å². The summed E-state index contributed by atoms with van der Waals surface area (Å²) in [5.74, 6) is 1.85. The average Bonchev–Trinajstić information content (AvgIpc) is 2.35. The zero-order valence-corrected chi connectivity index (χ0v) is 10.6. The lowest BCUT2D eigenvalue weighted by Gasteiger charge is -2.20. The third-order valence-corrected chi connectivity index (χ3v) is 3.32. The normalized spacial score (nSPS) is 16.0. The second kappa shape index (κ2) is 5.41. The van der Waals surface area contributed by atoms with Crippen molar-refractivity contribution in [3.05, 3.63) is 23.8 Å². The van der Waals surface area contributed by atoms with Crippen molar-refractivity contribution in [1.29, 1.82) is 0 Å². The van der Waals surface area contributed by atoms with E-state index in [0.717, 1.165) is 23.4 Å². The largest absolute Gasteiger partial charge is 0.493 e. The van der Waals surface area contributed by atoms with Crippen molar-refractivity contribution in [2.45, 2.75) is 19.8 Å². The third kappa shape index (κ3) is 2.91. The van der Waals surface area contributed by atoms with Crippen molar-refractivity contribution in [3.8, 4) is 5.75 Å². The van der Waals surface area contributed by atoms with E-state index in [1.54, 1.807) is 0 Å². The van der Waals surface area contributed by atoms with Gasteiger partial charge in [-0.15, -0.1) is 11.6 Å². The van der Waals surface area contributed by atoms with Gasteiger partial charge in [-0.1, -0.05) is 13.0 Å². The van der Waals surface area contributed by atoms with Crippen LogP contribution in [0.15, 0.2) is 18.2 Å². The number of benzene rings is 1. The highest BCUT2D eigenvalue weighted by Gasteiger charge is 2.18. The van der Waals surface area contributed by atoms with Crippen molar-refractivity contribution in [1.82, 2.24) is 0 Å². The molecule has 1 aromatic carbocycles. The fourth-order valence-corrected chi connectivity index (χ4v) is 1.89. The van der Waals surface area contributed by atoms with E-state index in [9.17, 15) is 4.79 Å². The number of rotatable bonds is 4. The summed E-state index contributed by atoms with van der Waals surface area (Å²) in [6, 6.07) is 5.74. The number of nitrogens with one attached hydrogen (secondary N) is 1. The lowest BCUT2D eigenvalue weighted by atomic mass is 10.0. The van der Waals surface area contributed by atoms with Crippen molar-refractivity contribution in [2.75, 3.05) is 17.8 Å². The molecule has 4 heteroatoms. The Morgan fingerprint density at radius 2 is 2.29 bits per heavy atom. The van der Waals surface area contributed by atoms with Crippen molar-refractivity contribution < 1.29 is 9.53 Å². The number of carbonyl (C=O) groups is 1. The summed E-state index contributed by atoms with van der Waals surface area (Å²) in [6.07, 6.45) is 1.27. The minimum Gasteiger partial charge on any atom is -0.493 e. The van der Waals surface area contributed by atoms with Crippen LogP contribution >= 0.6 is 11.6 Å². The van der Waals surface area contributed by atoms with Crippen LogP contribution in [0.2, 0.25) is 0 Å². The number of carbonyl (C=O) groups excluding carboxylic acids is 1.